The molecule has 6 heteroatoms. The Labute approximate surface area is 122 Å². The third-order valence-corrected chi connectivity index (χ3v) is 4.08. The summed E-state index contributed by atoms with van der Waals surface area (Å²) in [6.45, 7) is 0.836. The molecule has 108 valence electrons. The molecule has 2 aromatic rings. The van der Waals surface area contributed by atoms with Crippen molar-refractivity contribution in [2.45, 2.75) is 25.3 Å². The van der Waals surface area contributed by atoms with Crippen LogP contribution >= 0.6 is 11.3 Å². The Hall–Kier alpha value is -1.66. The minimum Gasteiger partial charge on any atom is -0.370 e. The molecule has 20 heavy (non-hydrogen) atoms. The lowest BCUT2D eigenvalue weighted by Crippen LogP contribution is -2.25. The van der Waals surface area contributed by atoms with E-state index in [1.54, 1.807) is 11.3 Å². The van der Waals surface area contributed by atoms with Gasteiger partial charge in [-0.25, -0.2) is 4.98 Å². The standard InChI is InChI=1S/C14H20N4OS/c1-18-9-8-17-14(18)13(11-5-4-10-20-11)16-7-3-2-6-12(15)19/h4-5,8-10,13,16H,2-3,6-7H2,1H3,(H2,15,19). The normalized spacial score (nSPS) is 12.4. The SMILES string of the molecule is Cn1ccnc1C(NCCCCC(N)=O)c1cccs1. The van der Waals surface area contributed by atoms with E-state index in [2.05, 4.69) is 21.7 Å². The molecule has 0 fully saturated rings. The molecule has 0 aliphatic carbocycles. The summed E-state index contributed by atoms with van der Waals surface area (Å²) in [7, 11) is 2.00. The number of rotatable bonds is 8. The van der Waals surface area contributed by atoms with Gasteiger partial charge < -0.3 is 15.6 Å². The number of carbonyl (C=O) groups is 1. The number of nitrogens with two attached hydrogens (primary N) is 1. The summed E-state index contributed by atoms with van der Waals surface area (Å²) < 4.78 is 2.03. The molecule has 0 saturated carbocycles. The molecule has 3 N–H and O–H groups in total. The molecule has 2 aromatic heterocycles. The van der Waals surface area contributed by atoms with Crippen LogP contribution in [0.25, 0.3) is 0 Å². The molecule has 1 amide bonds. The van der Waals surface area contributed by atoms with Gasteiger partial charge in [0, 0.05) is 30.7 Å². The Morgan fingerprint density at radius 3 is 3.00 bits per heavy atom. The molecular formula is C14H20N4OS. The van der Waals surface area contributed by atoms with Crippen LogP contribution in [0.1, 0.15) is 36.0 Å². The lowest BCUT2D eigenvalue weighted by molar-refractivity contribution is -0.118. The van der Waals surface area contributed by atoms with Crippen LogP contribution in [0.15, 0.2) is 29.9 Å². The molecule has 0 radical (unpaired) electrons. The average molecular weight is 292 g/mol. The first-order chi connectivity index (χ1) is 9.68. The zero-order valence-corrected chi connectivity index (χ0v) is 12.4. The van der Waals surface area contributed by atoms with Crippen LogP contribution in [0.4, 0.5) is 0 Å². The quantitative estimate of drug-likeness (QED) is 0.729. The minimum absolute atomic E-state index is 0.101. The molecule has 1 unspecified atom stereocenters. The summed E-state index contributed by atoms with van der Waals surface area (Å²) in [4.78, 5) is 16.4. The van der Waals surface area contributed by atoms with Crippen molar-refractivity contribution in [3.8, 4) is 0 Å². The van der Waals surface area contributed by atoms with Crippen LogP contribution in [0.3, 0.4) is 0 Å². The first kappa shape index (κ1) is 14.7. The molecule has 0 bridgehead atoms. The van der Waals surface area contributed by atoms with E-state index in [0.717, 1.165) is 25.2 Å². The van der Waals surface area contributed by atoms with Gasteiger partial charge in [0.05, 0.1) is 0 Å². The smallest absolute Gasteiger partial charge is 0.217 e. The van der Waals surface area contributed by atoms with Crippen molar-refractivity contribution in [1.82, 2.24) is 14.9 Å². The lowest BCUT2D eigenvalue weighted by Gasteiger charge is -2.17. The fourth-order valence-corrected chi connectivity index (χ4v) is 2.90. The highest BCUT2D eigenvalue weighted by molar-refractivity contribution is 7.10. The molecule has 0 saturated heterocycles. The number of hydrogen-bond donors (Lipinski definition) is 2. The number of unbranched alkanes of at least 4 members (excludes halogenated alkanes) is 1. The molecular weight excluding hydrogens is 272 g/mol. The molecule has 0 aliphatic rings. The van der Waals surface area contributed by atoms with Crippen molar-refractivity contribution in [2.24, 2.45) is 12.8 Å². The van der Waals surface area contributed by atoms with Gasteiger partial charge in [0.1, 0.15) is 11.9 Å². The van der Waals surface area contributed by atoms with E-state index in [0.29, 0.717) is 6.42 Å². The number of amides is 1. The summed E-state index contributed by atoms with van der Waals surface area (Å²) in [6.07, 6.45) is 5.96. The second-order valence-electron chi connectivity index (χ2n) is 4.72. The van der Waals surface area contributed by atoms with Crippen molar-refractivity contribution in [3.05, 3.63) is 40.6 Å². The zero-order valence-electron chi connectivity index (χ0n) is 11.6. The van der Waals surface area contributed by atoms with Crippen molar-refractivity contribution >= 4 is 17.2 Å². The third kappa shape index (κ3) is 3.91. The molecule has 0 aromatic carbocycles. The van der Waals surface area contributed by atoms with Gasteiger partial charge in [-0.2, -0.15) is 0 Å². The monoisotopic (exact) mass is 292 g/mol. The van der Waals surface area contributed by atoms with Gasteiger partial charge in [0.25, 0.3) is 0 Å². The number of primary amides is 1. The predicted molar refractivity (Wildman–Crippen MR) is 80.4 cm³/mol. The van der Waals surface area contributed by atoms with E-state index < -0.39 is 0 Å². The van der Waals surface area contributed by atoms with Gasteiger partial charge >= 0.3 is 0 Å². The number of imidazole rings is 1. The predicted octanol–water partition coefficient (Wildman–Crippen LogP) is 1.82. The van der Waals surface area contributed by atoms with Crippen LogP contribution in [0.2, 0.25) is 0 Å². The summed E-state index contributed by atoms with van der Waals surface area (Å²) in [5.74, 6) is 0.770. The lowest BCUT2D eigenvalue weighted by atomic mass is 10.2. The average Bonchev–Trinajstić information content (AvgIpc) is 3.05. The van der Waals surface area contributed by atoms with E-state index in [1.807, 2.05) is 30.1 Å². The third-order valence-electron chi connectivity index (χ3n) is 3.14. The van der Waals surface area contributed by atoms with Crippen molar-refractivity contribution in [2.75, 3.05) is 6.54 Å². The van der Waals surface area contributed by atoms with Crippen molar-refractivity contribution < 1.29 is 4.79 Å². The number of aromatic nitrogens is 2. The highest BCUT2D eigenvalue weighted by Crippen LogP contribution is 2.24. The van der Waals surface area contributed by atoms with E-state index in [-0.39, 0.29) is 11.9 Å². The van der Waals surface area contributed by atoms with Crippen molar-refractivity contribution in [1.29, 1.82) is 0 Å². The summed E-state index contributed by atoms with van der Waals surface area (Å²) >= 11 is 1.72. The Morgan fingerprint density at radius 1 is 1.55 bits per heavy atom. The highest BCUT2D eigenvalue weighted by Gasteiger charge is 2.18. The number of thiophene rings is 1. The Morgan fingerprint density at radius 2 is 2.40 bits per heavy atom. The maximum atomic E-state index is 10.7. The zero-order chi connectivity index (χ0) is 14.4. The van der Waals surface area contributed by atoms with Crippen LogP contribution in [0.5, 0.6) is 0 Å². The second-order valence-corrected chi connectivity index (χ2v) is 5.70. The number of nitrogens with zero attached hydrogens (tertiary/aromatic N) is 2. The van der Waals surface area contributed by atoms with E-state index in [1.165, 1.54) is 4.88 Å². The fourth-order valence-electron chi connectivity index (χ4n) is 2.10. The Bertz CT molecular complexity index is 535. The second kappa shape index (κ2) is 7.21. The van der Waals surface area contributed by atoms with Crippen molar-refractivity contribution in [3.63, 3.8) is 0 Å². The van der Waals surface area contributed by atoms with Crippen LogP contribution in [0, 0.1) is 0 Å². The first-order valence-corrected chi connectivity index (χ1v) is 7.58. The first-order valence-electron chi connectivity index (χ1n) is 6.71. The molecule has 0 aliphatic heterocycles. The number of aryl methyl sites for hydroxylation is 1. The van der Waals surface area contributed by atoms with Crippen LogP contribution in [-0.4, -0.2) is 22.0 Å². The van der Waals surface area contributed by atoms with Gasteiger partial charge in [-0.1, -0.05) is 6.07 Å². The van der Waals surface area contributed by atoms with Gasteiger partial charge in [-0.15, -0.1) is 11.3 Å². The number of nitrogens with one attached hydrogen (secondary N) is 1. The molecule has 0 spiro atoms. The van der Waals surface area contributed by atoms with E-state index >= 15 is 0 Å². The fraction of sp³-hybridized carbons (Fsp3) is 0.429. The maximum absolute atomic E-state index is 10.7. The molecule has 1 atom stereocenters. The number of carbonyl (C=O) groups excluding carboxylic acids is 1. The maximum Gasteiger partial charge on any atom is 0.217 e. The Balaban J connectivity index is 1.95. The van der Waals surface area contributed by atoms with Crippen LogP contribution in [-0.2, 0) is 11.8 Å². The number of hydrogen-bond acceptors (Lipinski definition) is 4. The highest BCUT2D eigenvalue weighted by atomic mass is 32.1. The molecule has 5 nitrogen and oxygen atoms in total. The van der Waals surface area contributed by atoms with Gasteiger partial charge in [0.2, 0.25) is 5.91 Å². The van der Waals surface area contributed by atoms with Gasteiger partial charge in [-0.3, -0.25) is 4.79 Å². The molecule has 2 rings (SSSR count). The summed E-state index contributed by atoms with van der Waals surface area (Å²) in [5.41, 5.74) is 5.14. The van der Waals surface area contributed by atoms with E-state index in [4.69, 9.17) is 5.73 Å². The summed E-state index contributed by atoms with van der Waals surface area (Å²) in [6, 6.07) is 4.26. The molecule has 2 heterocycles. The van der Waals surface area contributed by atoms with E-state index in [9.17, 15) is 4.79 Å². The Kier molecular flexibility index (Phi) is 5.31. The largest absolute Gasteiger partial charge is 0.370 e. The van der Waals surface area contributed by atoms with Gasteiger partial charge in [-0.05, 0) is 30.8 Å². The summed E-state index contributed by atoms with van der Waals surface area (Å²) in [5, 5.41) is 5.58. The minimum atomic E-state index is -0.232. The van der Waals surface area contributed by atoms with Crippen LogP contribution < -0.4 is 11.1 Å². The van der Waals surface area contributed by atoms with Gasteiger partial charge in [0.15, 0.2) is 0 Å². The topological polar surface area (TPSA) is 72.9 Å².